The van der Waals surface area contributed by atoms with E-state index in [0.717, 1.165) is 5.69 Å². The first-order valence-electron chi connectivity index (χ1n) is 12.4. The zero-order valence-corrected chi connectivity index (χ0v) is 22.2. The van der Waals surface area contributed by atoms with Gasteiger partial charge in [-0.25, -0.2) is 9.37 Å². The van der Waals surface area contributed by atoms with Gasteiger partial charge in [-0.05, 0) is 69.4 Å². The zero-order valence-electron chi connectivity index (χ0n) is 22.2. The van der Waals surface area contributed by atoms with E-state index in [1.54, 1.807) is 6.92 Å². The molecule has 0 bridgehead atoms. The Morgan fingerprint density at radius 2 is 1.68 bits per heavy atom. The predicted molar refractivity (Wildman–Crippen MR) is 133 cm³/mol. The van der Waals surface area contributed by atoms with Crippen LogP contribution in [0.15, 0.2) is 48.8 Å². The minimum absolute atomic E-state index is 0.0710. The Balaban J connectivity index is 1.77. The summed E-state index contributed by atoms with van der Waals surface area (Å²) < 4.78 is 107. The number of benzene rings is 2. The number of nitrogens with one attached hydrogen (secondary N) is 1. The Morgan fingerprint density at radius 3 is 2.23 bits per heavy atom. The van der Waals surface area contributed by atoms with Crippen LogP contribution in [-0.2, 0) is 33.9 Å². The Kier molecular flexibility index (Phi) is 8.21. The van der Waals surface area contributed by atoms with Crippen LogP contribution in [0, 0.1) is 5.82 Å². The number of ether oxygens (including phenoxy) is 2. The van der Waals surface area contributed by atoms with Crippen molar-refractivity contribution in [1.82, 2.24) is 14.9 Å². The van der Waals surface area contributed by atoms with Gasteiger partial charge in [0.15, 0.2) is 12.1 Å². The van der Waals surface area contributed by atoms with E-state index in [2.05, 4.69) is 9.97 Å². The number of alkyl halides is 6. The molecule has 1 saturated heterocycles. The van der Waals surface area contributed by atoms with E-state index in [-0.39, 0.29) is 18.2 Å². The molecule has 0 radical (unpaired) electrons. The van der Waals surface area contributed by atoms with Crippen molar-refractivity contribution in [2.24, 2.45) is 0 Å². The van der Waals surface area contributed by atoms with Crippen LogP contribution < -0.4 is 4.90 Å². The Bertz CT molecular complexity index is 1280. The summed E-state index contributed by atoms with van der Waals surface area (Å²) in [5, 5.41) is 0. The zero-order chi connectivity index (χ0) is 29.5. The second-order valence-electron chi connectivity index (χ2n) is 10.1. The average molecular weight is 575 g/mol. The van der Waals surface area contributed by atoms with Gasteiger partial charge in [0, 0.05) is 13.1 Å². The van der Waals surface area contributed by atoms with Crippen molar-refractivity contribution < 1.29 is 40.2 Å². The Morgan fingerprint density at radius 1 is 1.07 bits per heavy atom. The molecule has 218 valence electrons. The molecule has 3 atom stereocenters. The SMILES string of the molecule is CC(O[C@H]1OCCN(c2nc[nH]c2CN(C)C)[C@@]1(C)c1ccc(F)cc1)c1cc(C(F)(F)F)cc(C(F)(F)F)c1. The summed E-state index contributed by atoms with van der Waals surface area (Å²) >= 11 is 0. The van der Waals surface area contributed by atoms with Gasteiger partial charge in [-0.15, -0.1) is 0 Å². The van der Waals surface area contributed by atoms with Crippen LogP contribution in [0.25, 0.3) is 0 Å². The number of hydrogen-bond donors (Lipinski definition) is 1. The molecule has 6 nitrogen and oxygen atoms in total. The minimum Gasteiger partial charge on any atom is -0.348 e. The summed E-state index contributed by atoms with van der Waals surface area (Å²) in [6, 6.07) is 6.91. The fourth-order valence-corrected chi connectivity index (χ4v) is 4.81. The summed E-state index contributed by atoms with van der Waals surface area (Å²) in [6.45, 7) is 4.06. The molecule has 1 fully saturated rings. The number of aromatic nitrogens is 2. The third kappa shape index (κ3) is 6.11. The van der Waals surface area contributed by atoms with Crippen LogP contribution in [0.5, 0.6) is 0 Å². The smallest absolute Gasteiger partial charge is 0.348 e. The van der Waals surface area contributed by atoms with Crippen molar-refractivity contribution in [3.05, 3.63) is 82.6 Å². The fraction of sp³-hybridized carbons (Fsp3) is 0.444. The van der Waals surface area contributed by atoms with Crippen LogP contribution >= 0.6 is 0 Å². The first kappa shape index (κ1) is 29.8. The standard InChI is InChI=1S/C27H29F7N4O2/c1-16(17-11-19(26(29,30)31)13-20(12-17)27(32,33)34)40-24-25(2,18-5-7-21(28)8-6-18)38(9-10-39-24)23-22(14-37(3)4)35-15-36-23/h5-8,11-13,15-16,24H,9-10,14H2,1-4H3,(H,35,36)/t16?,24-,25+/m1/s1. The molecule has 1 aromatic heterocycles. The topological polar surface area (TPSA) is 53.6 Å². The van der Waals surface area contributed by atoms with Crippen LogP contribution in [0.4, 0.5) is 36.6 Å². The third-order valence-electron chi connectivity index (χ3n) is 6.87. The molecule has 40 heavy (non-hydrogen) atoms. The second kappa shape index (κ2) is 11.0. The molecule has 2 aromatic carbocycles. The molecule has 1 N–H and O–H groups in total. The number of rotatable bonds is 7. The van der Waals surface area contributed by atoms with Gasteiger partial charge in [-0.1, -0.05) is 12.1 Å². The van der Waals surface area contributed by atoms with Crippen LogP contribution in [-0.4, -0.2) is 48.4 Å². The maximum absolute atomic E-state index is 13.9. The number of halogens is 7. The Labute approximate surface area is 226 Å². The first-order valence-corrected chi connectivity index (χ1v) is 12.4. The first-order chi connectivity index (χ1) is 18.6. The highest BCUT2D eigenvalue weighted by Crippen LogP contribution is 2.43. The minimum atomic E-state index is -5.00. The van der Waals surface area contributed by atoms with Gasteiger partial charge in [-0.2, -0.15) is 26.3 Å². The van der Waals surface area contributed by atoms with E-state index >= 15 is 0 Å². The molecular weight excluding hydrogens is 545 g/mol. The van der Waals surface area contributed by atoms with E-state index in [1.807, 2.05) is 23.9 Å². The fourth-order valence-electron chi connectivity index (χ4n) is 4.81. The van der Waals surface area contributed by atoms with Crippen LogP contribution in [0.1, 0.15) is 47.9 Å². The maximum Gasteiger partial charge on any atom is 0.416 e. The van der Waals surface area contributed by atoms with Crippen molar-refractivity contribution in [2.45, 2.75) is 50.7 Å². The van der Waals surface area contributed by atoms with Crippen LogP contribution in [0.2, 0.25) is 0 Å². The summed E-state index contributed by atoms with van der Waals surface area (Å²) in [6.07, 6.45) is -10.9. The highest BCUT2D eigenvalue weighted by Gasteiger charge is 2.48. The molecule has 13 heteroatoms. The summed E-state index contributed by atoms with van der Waals surface area (Å²) in [4.78, 5) is 11.4. The molecule has 1 unspecified atom stereocenters. The van der Waals surface area contributed by atoms with Crippen LogP contribution in [0.3, 0.4) is 0 Å². The number of imidazole rings is 1. The third-order valence-corrected chi connectivity index (χ3v) is 6.87. The molecule has 0 spiro atoms. The maximum atomic E-state index is 13.9. The number of aromatic amines is 1. The van der Waals surface area contributed by atoms with Crippen molar-refractivity contribution in [1.29, 1.82) is 0 Å². The number of morpholine rings is 1. The highest BCUT2D eigenvalue weighted by molar-refractivity contribution is 5.50. The number of nitrogens with zero attached hydrogens (tertiary/aromatic N) is 3. The summed E-state index contributed by atoms with van der Waals surface area (Å²) in [5.74, 6) is 0.0710. The normalized spacial score (nSPS) is 21.2. The molecule has 1 aliphatic rings. The monoisotopic (exact) mass is 574 g/mol. The van der Waals surface area contributed by atoms with Gasteiger partial charge >= 0.3 is 12.4 Å². The quantitative estimate of drug-likeness (QED) is 0.327. The lowest BCUT2D eigenvalue weighted by Gasteiger charge is -2.50. The van der Waals surface area contributed by atoms with E-state index in [0.29, 0.717) is 36.6 Å². The summed E-state index contributed by atoms with van der Waals surface area (Å²) in [7, 11) is 3.75. The second-order valence-corrected chi connectivity index (χ2v) is 10.1. The van der Waals surface area contributed by atoms with Gasteiger partial charge in [0.1, 0.15) is 11.4 Å². The highest BCUT2D eigenvalue weighted by atomic mass is 19.4. The molecule has 0 amide bonds. The molecule has 4 rings (SSSR count). The average Bonchev–Trinajstić information content (AvgIpc) is 3.31. The molecule has 0 aliphatic carbocycles. The van der Waals surface area contributed by atoms with Gasteiger partial charge in [-0.3, -0.25) is 0 Å². The molecular formula is C27H29F7N4O2. The van der Waals surface area contributed by atoms with E-state index < -0.39 is 47.2 Å². The van der Waals surface area contributed by atoms with Crippen molar-refractivity contribution >= 4 is 5.82 Å². The van der Waals surface area contributed by atoms with Gasteiger partial charge in [0.05, 0.1) is 35.9 Å². The predicted octanol–water partition coefficient (Wildman–Crippen LogP) is 6.50. The lowest BCUT2D eigenvalue weighted by atomic mass is 9.87. The molecule has 3 aromatic rings. The van der Waals surface area contributed by atoms with Crippen molar-refractivity contribution in [3.63, 3.8) is 0 Å². The molecule has 1 aliphatic heterocycles. The van der Waals surface area contributed by atoms with E-state index in [9.17, 15) is 30.7 Å². The number of H-pyrrole nitrogens is 1. The number of hydrogen-bond acceptors (Lipinski definition) is 5. The Hall–Kier alpha value is -3.16. The van der Waals surface area contributed by atoms with Gasteiger partial charge in [0.25, 0.3) is 0 Å². The van der Waals surface area contributed by atoms with Crippen molar-refractivity contribution in [3.8, 4) is 0 Å². The lowest BCUT2D eigenvalue weighted by Crippen LogP contribution is -2.60. The van der Waals surface area contributed by atoms with Gasteiger partial charge in [0.2, 0.25) is 0 Å². The number of anilines is 1. The van der Waals surface area contributed by atoms with E-state index in [4.69, 9.17) is 9.47 Å². The van der Waals surface area contributed by atoms with Crippen molar-refractivity contribution in [2.75, 3.05) is 32.1 Å². The largest absolute Gasteiger partial charge is 0.416 e. The van der Waals surface area contributed by atoms with Gasteiger partial charge < -0.3 is 24.3 Å². The molecule has 2 heterocycles. The van der Waals surface area contributed by atoms with E-state index in [1.165, 1.54) is 37.5 Å². The molecule has 0 saturated carbocycles. The summed E-state index contributed by atoms with van der Waals surface area (Å²) in [5.41, 5.74) is -3.10. The lowest BCUT2D eigenvalue weighted by molar-refractivity contribution is -0.217.